The summed E-state index contributed by atoms with van der Waals surface area (Å²) >= 11 is 4.76. The predicted molar refractivity (Wildman–Crippen MR) is 145 cm³/mol. The second-order valence-electron chi connectivity index (χ2n) is 10.0. The number of methoxy groups -OCH3 is 1. The van der Waals surface area contributed by atoms with Crippen LogP contribution in [-0.4, -0.2) is 58.9 Å². The minimum absolute atomic E-state index is 0.0702. The van der Waals surface area contributed by atoms with Gasteiger partial charge in [0.25, 0.3) is 5.91 Å². The number of aromatic nitrogens is 2. The van der Waals surface area contributed by atoms with Gasteiger partial charge in [0, 0.05) is 42.3 Å². The number of benzene rings is 1. The Morgan fingerprint density at radius 3 is 2.32 bits per heavy atom. The summed E-state index contributed by atoms with van der Waals surface area (Å²) in [5.41, 5.74) is 1.66. The highest BCUT2D eigenvalue weighted by Gasteiger charge is 2.39. The van der Waals surface area contributed by atoms with Crippen LogP contribution in [0.5, 0.6) is 0 Å². The fraction of sp³-hybridized carbons (Fsp3) is 0.370. The molecule has 1 atom stereocenters. The molecule has 2 amide bonds. The molecule has 1 aliphatic rings. The van der Waals surface area contributed by atoms with Gasteiger partial charge in [-0.05, 0) is 39.0 Å². The van der Waals surface area contributed by atoms with Gasteiger partial charge in [-0.2, -0.15) is 0 Å². The molecule has 0 bridgehead atoms. The molecule has 0 saturated carbocycles. The van der Waals surface area contributed by atoms with Crippen LogP contribution in [0.25, 0.3) is 11.4 Å². The summed E-state index contributed by atoms with van der Waals surface area (Å²) in [6.07, 6.45) is 3.68. The first-order valence-electron chi connectivity index (χ1n) is 11.9. The van der Waals surface area contributed by atoms with Crippen LogP contribution < -0.4 is 5.32 Å². The molecule has 1 fully saturated rings. The third-order valence-electron chi connectivity index (χ3n) is 6.17. The van der Waals surface area contributed by atoms with Crippen molar-refractivity contribution in [1.82, 2.24) is 20.2 Å². The molecule has 3 aromatic rings. The van der Waals surface area contributed by atoms with E-state index in [-0.39, 0.29) is 42.2 Å². The number of esters is 1. The van der Waals surface area contributed by atoms with Crippen molar-refractivity contribution in [3.63, 3.8) is 0 Å². The first-order valence-corrected chi connectivity index (χ1v) is 13.5. The first-order chi connectivity index (χ1) is 17.5. The average molecular weight is 586 g/mol. The Kier molecular flexibility index (Phi) is 8.08. The van der Waals surface area contributed by atoms with E-state index in [4.69, 9.17) is 4.74 Å². The number of likely N-dealkylation sites (tertiary alicyclic amines) is 1. The third kappa shape index (κ3) is 6.42. The van der Waals surface area contributed by atoms with E-state index in [1.54, 1.807) is 23.4 Å². The minimum Gasteiger partial charge on any atom is -0.469 e. The molecule has 4 rings (SSSR count). The average Bonchev–Trinajstić information content (AvgIpc) is 3.35. The van der Waals surface area contributed by atoms with Crippen LogP contribution in [0, 0.1) is 5.92 Å². The molecule has 0 radical (unpaired) electrons. The molecule has 10 heteroatoms. The van der Waals surface area contributed by atoms with Gasteiger partial charge >= 0.3 is 5.97 Å². The van der Waals surface area contributed by atoms with Crippen molar-refractivity contribution in [2.45, 2.75) is 38.6 Å². The van der Waals surface area contributed by atoms with Crippen molar-refractivity contribution in [2.24, 2.45) is 5.92 Å². The van der Waals surface area contributed by atoms with E-state index in [0.717, 1.165) is 20.5 Å². The smallest absolute Gasteiger partial charge is 0.312 e. The van der Waals surface area contributed by atoms with E-state index in [0.29, 0.717) is 17.1 Å². The molecule has 194 valence electrons. The molecule has 1 saturated heterocycles. The molecule has 0 spiro atoms. The van der Waals surface area contributed by atoms with E-state index in [1.165, 1.54) is 18.4 Å². The van der Waals surface area contributed by atoms with Crippen molar-refractivity contribution < 1.29 is 19.1 Å². The van der Waals surface area contributed by atoms with Crippen molar-refractivity contribution in [1.29, 1.82) is 0 Å². The number of carbonyl (C=O) groups excluding carboxylic acids is 3. The summed E-state index contributed by atoms with van der Waals surface area (Å²) in [5, 5.41) is 2.94. The number of nitrogens with one attached hydrogen (secondary N) is 1. The molecule has 1 aliphatic heterocycles. The molecule has 3 heterocycles. The van der Waals surface area contributed by atoms with Gasteiger partial charge in [-0.15, -0.1) is 11.3 Å². The van der Waals surface area contributed by atoms with Gasteiger partial charge in [0.2, 0.25) is 5.91 Å². The molecule has 0 aliphatic carbocycles. The van der Waals surface area contributed by atoms with Gasteiger partial charge < -0.3 is 15.0 Å². The van der Waals surface area contributed by atoms with Crippen molar-refractivity contribution in [3.8, 4) is 11.4 Å². The van der Waals surface area contributed by atoms with Crippen molar-refractivity contribution in [3.05, 3.63) is 68.6 Å². The van der Waals surface area contributed by atoms with Gasteiger partial charge in [-0.3, -0.25) is 14.4 Å². The van der Waals surface area contributed by atoms with Gasteiger partial charge in [-0.1, -0.05) is 45.0 Å². The van der Waals surface area contributed by atoms with Gasteiger partial charge in [-0.25, -0.2) is 9.97 Å². The van der Waals surface area contributed by atoms with Crippen molar-refractivity contribution in [2.75, 3.05) is 20.2 Å². The van der Waals surface area contributed by atoms with Crippen LogP contribution in [-0.2, 0) is 26.2 Å². The second-order valence-corrected chi connectivity index (χ2v) is 12.0. The number of ether oxygens (including phenoxy) is 1. The Hall–Kier alpha value is -3.11. The van der Waals surface area contributed by atoms with E-state index in [2.05, 4.69) is 52.0 Å². The summed E-state index contributed by atoms with van der Waals surface area (Å²) in [4.78, 5) is 50.2. The maximum atomic E-state index is 13.4. The summed E-state index contributed by atoms with van der Waals surface area (Å²) in [5.74, 6) is -0.575. The minimum atomic E-state index is -0.777. The second kappa shape index (κ2) is 11.1. The summed E-state index contributed by atoms with van der Waals surface area (Å²) in [7, 11) is 1.34. The van der Waals surface area contributed by atoms with E-state index in [1.807, 2.05) is 30.3 Å². The third-order valence-corrected chi connectivity index (χ3v) is 8.09. The lowest BCUT2D eigenvalue weighted by Gasteiger charge is -2.39. The Morgan fingerprint density at radius 2 is 1.76 bits per heavy atom. The van der Waals surface area contributed by atoms with Crippen LogP contribution in [0.2, 0.25) is 0 Å². The zero-order valence-electron chi connectivity index (χ0n) is 21.2. The summed E-state index contributed by atoms with van der Waals surface area (Å²) in [6, 6.07) is 10.6. The first kappa shape index (κ1) is 26.9. The molecule has 1 N–H and O–H groups in total. The van der Waals surface area contributed by atoms with Crippen LogP contribution in [0.1, 0.15) is 40.9 Å². The Morgan fingerprint density at radius 1 is 1.11 bits per heavy atom. The van der Waals surface area contributed by atoms with E-state index in [9.17, 15) is 14.4 Å². The number of rotatable bonds is 7. The topological polar surface area (TPSA) is 101 Å². The fourth-order valence-corrected chi connectivity index (χ4v) is 5.15. The highest BCUT2D eigenvalue weighted by molar-refractivity contribution is 9.10. The lowest BCUT2D eigenvalue weighted by Crippen LogP contribution is -2.59. The SMILES string of the molecule is COC(=O)C1CN(C(=O)C(Cc2ccc(-c3ncc(Br)cn3)cc2)NC(=O)c2ccc(C(C)(C)C)s2)C1. The maximum absolute atomic E-state index is 13.4. The fourth-order valence-electron chi connectivity index (χ4n) is 3.97. The molecular weight excluding hydrogens is 556 g/mol. The molecule has 2 aromatic heterocycles. The van der Waals surface area contributed by atoms with Crippen molar-refractivity contribution >= 4 is 45.1 Å². The van der Waals surface area contributed by atoms with Gasteiger partial charge in [0.15, 0.2) is 5.82 Å². The highest BCUT2D eigenvalue weighted by Crippen LogP contribution is 2.29. The monoisotopic (exact) mass is 584 g/mol. The number of halogens is 1. The highest BCUT2D eigenvalue weighted by atomic mass is 79.9. The zero-order chi connectivity index (χ0) is 26.7. The number of carbonyl (C=O) groups is 3. The molecule has 8 nitrogen and oxygen atoms in total. The lowest BCUT2D eigenvalue weighted by molar-refractivity contribution is -0.156. The molecular formula is C27H29BrN4O4S. The van der Waals surface area contributed by atoms with Crippen LogP contribution in [0.15, 0.2) is 53.3 Å². The normalized spacial score (nSPS) is 14.6. The quantitative estimate of drug-likeness (QED) is 0.417. The predicted octanol–water partition coefficient (Wildman–Crippen LogP) is 4.24. The molecule has 1 unspecified atom stereocenters. The number of amides is 2. The van der Waals surface area contributed by atoms with Crippen LogP contribution in [0.3, 0.4) is 0 Å². The Balaban J connectivity index is 1.51. The van der Waals surface area contributed by atoms with Gasteiger partial charge in [0.1, 0.15) is 6.04 Å². The zero-order valence-corrected chi connectivity index (χ0v) is 23.6. The van der Waals surface area contributed by atoms with E-state index >= 15 is 0 Å². The number of nitrogens with zero attached hydrogens (tertiary/aromatic N) is 3. The standard InChI is InChI=1S/C27H29BrN4O4S/c1-27(2,3)22-10-9-21(37-22)24(33)31-20(25(34)32-14-18(15-32)26(35)36-4)11-16-5-7-17(8-6-16)23-29-12-19(28)13-30-23/h5-10,12-13,18,20H,11,14-15H2,1-4H3,(H,31,33). The Labute approximate surface area is 228 Å². The summed E-state index contributed by atoms with van der Waals surface area (Å²) < 4.78 is 5.58. The number of hydrogen-bond acceptors (Lipinski definition) is 7. The number of hydrogen-bond donors (Lipinski definition) is 1. The number of thiophene rings is 1. The van der Waals surface area contributed by atoms with Crippen LogP contribution in [0.4, 0.5) is 0 Å². The lowest BCUT2D eigenvalue weighted by atomic mass is 9.95. The molecule has 1 aromatic carbocycles. The van der Waals surface area contributed by atoms with Gasteiger partial charge in [0.05, 0.1) is 22.4 Å². The Bertz CT molecular complexity index is 1280. The largest absolute Gasteiger partial charge is 0.469 e. The maximum Gasteiger partial charge on any atom is 0.312 e. The molecule has 37 heavy (non-hydrogen) atoms. The van der Waals surface area contributed by atoms with Crippen LogP contribution >= 0.6 is 27.3 Å². The summed E-state index contributed by atoms with van der Waals surface area (Å²) in [6.45, 7) is 6.85. The van der Waals surface area contributed by atoms with E-state index < -0.39 is 6.04 Å².